The number of hydrogen-bond acceptors (Lipinski definition) is 4. The molecule has 78 valence electrons. The van der Waals surface area contributed by atoms with E-state index in [1.54, 1.807) is 16.8 Å². The molecule has 4 N–H and O–H groups in total. The van der Waals surface area contributed by atoms with E-state index in [-0.39, 0.29) is 0 Å². The van der Waals surface area contributed by atoms with Crippen LogP contribution >= 0.6 is 0 Å². The first-order valence-electron chi connectivity index (χ1n) is 4.63. The third-order valence-corrected chi connectivity index (χ3v) is 2.19. The average molecular weight is 203 g/mol. The lowest BCUT2D eigenvalue weighted by Gasteiger charge is -2.05. The number of aryl methyl sites for hydroxylation is 2. The van der Waals surface area contributed by atoms with Gasteiger partial charge < -0.3 is 11.5 Å². The number of aromatic nitrogens is 3. The molecular formula is C10H13N5. The van der Waals surface area contributed by atoms with Crippen molar-refractivity contribution in [2.24, 2.45) is 0 Å². The molecule has 0 atom stereocenters. The van der Waals surface area contributed by atoms with Crippen LogP contribution in [0.3, 0.4) is 0 Å². The number of rotatable bonds is 1. The summed E-state index contributed by atoms with van der Waals surface area (Å²) in [6, 6.07) is 5.42. The van der Waals surface area contributed by atoms with Gasteiger partial charge in [0.05, 0.1) is 17.1 Å². The van der Waals surface area contributed by atoms with Crippen LogP contribution in [-0.2, 0) is 0 Å². The Morgan fingerprint density at radius 3 is 2.40 bits per heavy atom. The van der Waals surface area contributed by atoms with Crippen molar-refractivity contribution in [3.05, 3.63) is 29.8 Å². The van der Waals surface area contributed by atoms with Crippen LogP contribution in [0.15, 0.2) is 18.2 Å². The monoisotopic (exact) mass is 203 g/mol. The van der Waals surface area contributed by atoms with Crippen molar-refractivity contribution in [2.75, 3.05) is 11.5 Å². The quantitative estimate of drug-likeness (QED) is 0.678. The molecule has 5 heteroatoms. The van der Waals surface area contributed by atoms with E-state index in [4.69, 9.17) is 11.5 Å². The number of hydrogen-bond donors (Lipinski definition) is 2. The maximum atomic E-state index is 5.73. The minimum atomic E-state index is 0.556. The predicted molar refractivity (Wildman–Crippen MR) is 59.7 cm³/mol. The SMILES string of the molecule is Cc1nc(C)n(-c2ccc(N)c(N)c2)n1. The summed E-state index contributed by atoms with van der Waals surface area (Å²) in [5.74, 6) is 1.57. The predicted octanol–water partition coefficient (Wildman–Crippen LogP) is 1.05. The minimum absolute atomic E-state index is 0.556. The molecule has 0 aliphatic carbocycles. The van der Waals surface area contributed by atoms with Gasteiger partial charge in [0.2, 0.25) is 0 Å². The maximum absolute atomic E-state index is 5.73. The van der Waals surface area contributed by atoms with E-state index in [0.717, 1.165) is 17.3 Å². The number of benzene rings is 1. The molecule has 2 aromatic rings. The zero-order valence-corrected chi connectivity index (χ0v) is 8.73. The van der Waals surface area contributed by atoms with Gasteiger partial charge in [0, 0.05) is 0 Å². The van der Waals surface area contributed by atoms with E-state index < -0.39 is 0 Å². The average Bonchev–Trinajstić information content (AvgIpc) is 2.50. The first-order valence-corrected chi connectivity index (χ1v) is 4.63. The molecule has 0 radical (unpaired) electrons. The highest BCUT2D eigenvalue weighted by atomic mass is 15.3. The van der Waals surface area contributed by atoms with Crippen LogP contribution in [-0.4, -0.2) is 14.8 Å². The van der Waals surface area contributed by atoms with Crippen LogP contribution in [0.4, 0.5) is 11.4 Å². The highest BCUT2D eigenvalue weighted by Gasteiger charge is 2.05. The van der Waals surface area contributed by atoms with Gasteiger partial charge in [0.25, 0.3) is 0 Å². The molecule has 0 aliphatic rings. The fourth-order valence-corrected chi connectivity index (χ4v) is 1.46. The molecule has 0 aliphatic heterocycles. The second-order valence-corrected chi connectivity index (χ2v) is 3.43. The standard InChI is InChI=1S/C10H13N5/c1-6-13-7(2)15(14-6)8-3-4-9(11)10(12)5-8/h3-5H,11-12H2,1-2H3. The van der Waals surface area contributed by atoms with E-state index in [2.05, 4.69) is 10.1 Å². The summed E-state index contributed by atoms with van der Waals surface area (Å²) in [5, 5.41) is 4.26. The van der Waals surface area contributed by atoms with Gasteiger partial charge in [-0.05, 0) is 32.0 Å². The molecule has 0 spiro atoms. The summed E-state index contributed by atoms with van der Waals surface area (Å²) >= 11 is 0. The van der Waals surface area contributed by atoms with Crippen LogP contribution in [0.5, 0.6) is 0 Å². The topological polar surface area (TPSA) is 82.8 Å². The van der Waals surface area contributed by atoms with Gasteiger partial charge in [-0.15, -0.1) is 0 Å². The molecule has 0 saturated heterocycles. The molecule has 2 rings (SSSR count). The van der Waals surface area contributed by atoms with Crippen molar-refractivity contribution in [1.29, 1.82) is 0 Å². The molecule has 15 heavy (non-hydrogen) atoms. The van der Waals surface area contributed by atoms with E-state index in [0.29, 0.717) is 11.4 Å². The third-order valence-electron chi connectivity index (χ3n) is 2.19. The number of nitrogen functional groups attached to an aromatic ring is 2. The Kier molecular flexibility index (Phi) is 2.07. The second kappa shape index (κ2) is 3.27. The van der Waals surface area contributed by atoms with Crippen molar-refractivity contribution in [1.82, 2.24) is 14.8 Å². The normalized spacial score (nSPS) is 10.5. The molecule has 0 fully saturated rings. The summed E-state index contributed by atoms with van der Waals surface area (Å²) in [4.78, 5) is 4.22. The van der Waals surface area contributed by atoms with Crippen molar-refractivity contribution >= 4 is 11.4 Å². The highest BCUT2D eigenvalue weighted by molar-refractivity contribution is 5.66. The van der Waals surface area contributed by atoms with Crippen molar-refractivity contribution in [2.45, 2.75) is 13.8 Å². The summed E-state index contributed by atoms with van der Waals surface area (Å²) < 4.78 is 1.74. The van der Waals surface area contributed by atoms with Gasteiger partial charge in [-0.2, -0.15) is 5.10 Å². The number of anilines is 2. The molecule has 0 saturated carbocycles. The van der Waals surface area contributed by atoms with Crippen LogP contribution in [0.25, 0.3) is 5.69 Å². The van der Waals surface area contributed by atoms with E-state index in [1.807, 2.05) is 19.9 Å². The fourth-order valence-electron chi connectivity index (χ4n) is 1.46. The van der Waals surface area contributed by atoms with Crippen LogP contribution < -0.4 is 11.5 Å². The Hall–Kier alpha value is -2.04. The number of nitrogens with zero attached hydrogens (tertiary/aromatic N) is 3. The molecular weight excluding hydrogens is 190 g/mol. The van der Waals surface area contributed by atoms with Crippen LogP contribution in [0, 0.1) is 13.8 Å². The molecule has 1 aromatic carbocycles. The number of nitrogens with two attached hydrogens (primary N) is 2. The lowest BCUT2D eigenvalue weighted by molar-refractivity contribution is 0.832. The first kappa shape index (κ1) is 9.51. The Balaban J connectivity index is 2.54. The zero-order chi connectivity index (χ0) is 11.0. The van der Waals surface area contributed by atoms with Crippen molar-refractivity contribution in [3.63, 3.8) is 0 Å². The molecule has 5 nitrogen and oxygen atoms in total. The highest BCUT2D eigenvalue weighted by Crippen LogP contribution is 2.19. The summed E-state index contributed by atoms with van der Waals surface area (Å²) in [6.45, 7) is 3.75. The molecule has 0 bridgehead atoms. The van der Waals surface area contributed by atoms with Gasteiger partial charge in [-0.1, -0.05) is 0 Å². The van der Waals surface area contributed by atoms with Gasteiger partial charge in [0.15, 0.2) is 0 Å². The van der Waals surface area contributed by atoms with Crippen LogP contribution in [0.1, 0.15) is 11.6 Å². The third kappa shape index (κ3) is 1.63. The van der Waals surface area contributed by atoms with Gasteiger partial charge in [-0.25, -0.2) is 9.67 Å². The van der Waals surface area contributed by atoms with E-state index in [1.165, 1.54) is 0 Å². The van der Waals surface area contributed by atoms with Crippen molar-refractivity contribution < 1.29 is 0 Å². The van der Waals surface area contributed by atoms with E-state index in [9.17, 15) is 0 Å². The molecule has 1 heterocycles. The smallest absolute Gasteiger partial charge is 0.148 e. The first-order chi connectivity index (χ1) is 7.08. The summed E-state index contributed by atoms with van der Waals surface area (Å²) in [6.07, 6.45) is 0. The van der Waals surface area contributed by atoms with Gasteiger partial charge in [-0.3, -0.25) is 0 Å². The minimum Gasteiger partial charge on any atom is -0.397 e. The Morgan fingerprint density at radius 2 is 1.87 bits per heavy atom. The zero-order valence-electron chi connectivity index (χ0n) is 8.73. The Morgan fingerprint density at radius 1 is 1.13 bits per heavy atom. The van der Waals surface area contributed by atoms with Crippen LogP contribution in [0.2, 0.25) is 0 Å². The second-order valence-electron chi connectivity index (χ2n) is 3.43. The lowest BCUT2D eigenvalue weighted by atomic mass is 10.2. The van der Waals surface area contributed by atoms with E-state index >= 15 is 0 Å². The molecule has 1 aromatic heterocycles. The Bertz CT molecular complexity index is 501. The van der Waals surface area contributed by atoms with Gasteiger partial charge in [0.1, 0.15) is 11.6 Å². The largest absolute Gasteiger partial charge is 0.397 e. The molecule has 0 unspecified atom stereocenters. The summed E-state index contributed by atoms with van der Waals surface area (Å²) in [7, 11) is 0. The maximum Gasteiger partial charge on any atom is 0.148 e. The fraction of sp³-hybridized carbons (Fsp3) is 0.200. The Labute approximate surface area is 87.7 Å². The summed E-state index contributed by atoms with van der Waals surface area (Å²) in [5.41, 5.74) is 13.4. The van der Waals surface area contributed by atoms with Crippen molar-refractivity contribution in [3.8, 4) is 5.69 Å². The lowest BCUT2D eigenvalue weighted by Crippen LogP contribution is -2.02. The molecule has 0 amide bonds. The van der Waals surface area contributed by atoms with Gasteiger partial charge >= 0.3 is 0 Å².